The Morgan fingerprint density at radius 2 is 1.62 bits per heavy atom. The maximum atomic E-state index is 13.1. The number of rotatable bonds is 2. The first kappa shape index (κ1) is 12.7. The Kier molecular flexibility index (Phi) is 3.37. The third kappa shape index (κ3) is 2.41. The Balaban J connectivity index is 3.19. The van der Waals surface area contributed by atoms with E-state index in [1.54, 1.807) is 0 Å². The van der Waals surface area contributed by atoms with Gasteiger partial charge < -0.3 is 10.5 Å². The minimum atomic E-state index is -4.76. The highest BCUT2D eigenvalue weighted by atomic mass is 19.4. The molecule has 90 valence electrons. The Morgan fingerprint density at radius 3 is 1.94 bits per heavy atom. The molecule has 1 rings (SSSR count). The number of alkyl halides is 3. The van der Waals surface area contributed by atoms with Crippen molar-refractivity contribution in [2.45, 2.75) is 12.2 Å². The minimum Gasteiger partial charge on any atom is -0.491 e. The lowest BCUT2D eigenvalue weighted by atomic mass is 10.1. The SMILES string of the molecule is COc1c(F)cc([C@@H](N)C(F)(F)F)cc1F. The molecule has 1 aromatic carbocycles. The lowest BCUT2D eigenvalue weighted by Gasteiger charge is -2.16. The fourth-order valence-corrected chi connectivity index (χ4v) is 1.14. The normalized spacial score (nSPS) is 13.7. The quantitative estimate of drug-likeness (QED) is 0.807. The van der Waals surface area contributed by atoms with Crippen LogP contribution in [-0.4, -0.2) is 13.3 Å². The van der Waals surface area contributed by atoms with Crippen molar-refractivity contribution in [3.05, 3.63) is 29.3 Å². The largest absolute Gasteiger partial charge is 0.491 e. The summed E-state index contributed by atoms with van der Waals surface area (Å²) in [4.78, 5) is 0. The molecule has 0 saturated carbocycles. The molecule has 0 aliphatic carbocycles. The van der Waals surface area contributed by atoms with Gasteiger partial charge in [0.2, 0.25) is 0 Å². The number of hydrogen-bond acceptors (Lipinski definition) is 2. The summed E-state index contributed by atoms with van der Waals surface area (Å²) in [5.41, 5.74) is 4.11. The molecule has 0 aliphatic heterocycles. The van der Waals surface area contributed by atoms with Crippen molar-refractivity contribution < 1.29 is 26.7 Å². The Hall–Kier alpha value is -1.37. The first-order chi connectivity index (χ1) is 7.27. The number of halogens is 5. The van der Waals surface area contributed by atoms with Crippen LogP contribution < -0.4 is 10.5 Å². The molecule has 0 spiro atoms. The molecule has 0 saturated heterocycles. The minimum absolute atomic E-state index is 0.500. The highest BCUT2D eigenvalue weighted by Crippen LogP contribution is 2.33. The van der Waals surface area contributed by atoms with E-state index in [0.29, 0.717) is 12.1 Å². The van der Waals surface area contributed by atoms with E-state index in [0.717, 1.165) is 7.11 Å². The van der Waals surface area contributed by atoms with Gasteiger partial charge in [0.05, 0.1) is 7.11 Å². The monoisotopic (exact) mass is 241 g/mol. The van der Waals surface area contributed by atoms with Crippen molar-refractivity contribution in [2.24, 2.45) is 5.73 Å². The van der Waals surface area contributed by atoms with Crippen LogP contribution in [0.2, 0.25) is 0 Å². The predicted octanol–water partition coefficient (Wildman–Crippen LogP) is 2.54. The fourth-order valence-electron chi connectivity index (χ4n) is 1.14. The molecule has 0 aliphatic rings. The molecule has 0 radical (unpaired) electrons. The zero-order valence-corrected chi connectivity index (χ0v) is 8.11. The third-order valence-electron chi connectivity index (χ3n) is 1.94. The van der Waals surface area contributed by atoms with Gasteiger partial charge in [0.1, 0.15) is 6.04 Å². The van der Waals surface area contributed by atoms with Crippen molar-refractivity contribution in [1.82, 2.24) is 0 Å². The standard InChI is InChI=1S/C9H8F5NO/c1-16-7-5(10)2-4(3-6(7)11)8(15)9(12,13)14/h2-3,8H,15H2,1H3/t8-/m1/s1. The molecular formula is C9H8F5NO. The van der Waals surface area contributed by atoms with Crippen LogP contribution in [-0.2, 0) is 0 Å². The molecule has 0 unspecified atom stereocenters. The molecule has 1 atom stereocenters. The van der Waals surface area contributed by atoms with Gasteiger partial charge in [0.15, 0.2) is 17.4 Å². The predicted molar refractivity (Wildman–Crippen MR) is 45.9 cm³/mol. The van der Waals surface area contributed by atoms with Crippen molar-refractivity contribution in [3.8, 4) is 5.75 Å². The Labute approximate surface area is 87.8 Å². The van der Waals surface area contributed by atoms with Crippen LogP contribution in [0.3, 0.4) is 0 Å². The van der Waals surface area contributed by atoms with Gasteiger partial charge in [-0.2, -0.15) is 13.2 Å². The molecule has 0 fully saturated rings. The maximum absolute atomic E-state index is 13.1. The molecule has 0 bridgehead atoms. The maximum Gasteiger partial charge on any atom is 0.407 e. The molecule has 2 N–H and O–H groups in total. The van der Waals surface area contributed by atoms with Crippen LogP contribution in [0.15, 0.2) is 12.1 Å². The van der Waals surface area contributed by atoms with Gasteiger partial charge in [-0.1, -0.05) is 0 Å². The van der Waals surface area contributed by atoms with E-state index in [-0.39, 0.29) is 0 Å². The Morgan fingerprint density at radius 1 is 1.19 bits per heavy atom. The van der Waals surface area contributed by atoms with E-state index in [1.165, 1.54) is 0 Å². The highest BCUT2D eigenvalue weighted by Gasteiger charge is 2.38. The average Bonchev–Trinajstić information content (AvgIpc) is 2.14. The zero-order chi connectivity index (χ0) is 12.5. The van der Waals surface area contributed by atoms with E-state index in [9.17, 15) is 22.0 Å². The van der Waals surface area contributed by atoms with Gasteiger partial charge in [0, 0.05) is 0 Å². The average molecular weight is 241 g/mol. The van der Waals surface area contributed by atoms with Gasteiger partial charge in [-0.25, -0.2) is 8.78 Å². The summed E-state index contributed by atoms with van der Waals surface area (Å²) in [5.74, 6) is -3.19. The van der Waals surface area contributed by atoms with Crippen molar-refractivity contribution >= 4 is 0 Å². The lowest BCUT2D eigenvalue weighted by molar-refractivity contribution is -0.149. The van der Waals surface area contributed by atoms with Crippen LogP contribution in [0.1, 0.15) is 11.6 Å². The van der Waals surface area contributed by atoms with Gasteiger partial charge >= 0.3 is 6.18 Å². The molecular weight excluding hydrogens is 233 g/mol. The van der Waals surface area contributed by atoms with Gasteiger partial charge in [0.25, 0.3) is 0 Å². The van der Waals surface area contributed by atoms with Crippen LogP contribution in [0, 0.1) is 11.6 Å². The topological polar surface area (TPSA) is 35.2 Å². The van der Waals surface area contributed by atoms with Gasteiger partial charge in [-0.15, -0.1) is 0 Å². The smallest absolute Gasteiger partial charge is 0.407 e. The molecule has 1 aromatic rings. The number of nitrogens with two attached hydrogens (primary N) is 1. The highest BCUT2D eigenvalue weighted by molar-refractivity contribution is 5.33. The van der Waals surface area contributed by atoms with Crippen LogP contribution in [0.25, 0.3) is 0 Å². The van der Waals surface area contributed by atoms with Crippen molar-refractivity contribution in [3.63, 3.8) is 0 Å². The van der Waals surface area contributed by atoms with Gasteiger partial charge in [-0.3, -0.25) is 0 Å². The van der Waals surface area contributed by atoms with Gasteiger partial charge in [-0.05, 0) is 17.7 Å². The van der Waals surface area contributed by atoms with E-state index in [4.69, 9.17) is 5.73 Å². The van der Waals surface area contributed by atoms with E-state index in [1.807, 2.05) is 0 Å². The van der Waals surface area contributed by atoms with E-state index >= 15 is 0 Å². The molecule has 0 heterocycles. The second kappa shape index (κ2) is 4.25. The number of benzene rings is 1. The summed E-state index contributed by atoms with van der Waals surface area (Å²) >= 11 is 0. The summed E-state index contributed by atoms with van der Waals surface area (Å²) in [6.07, 6.45) is -4.76. The number of ether oxygens (including phenoxy) is 1. The molecule has 7 heteroatoms. The molecule has 16 heavy (non-hydrogen) atoms. The summed E-state index contributed by atoms with van der Waals surface area (Å²) in [6, 6.07) is -1.43. The van der Waals surface area contributed by atoms with Crippen LogP contribution in [0.4, 0.5) is 22.0 Å². The van der Waals surface area contributed by atoms with E-state index in [2.05, 4.69) is 4.74 Å². The second-order valence-electron chi connectivity index (χ2n) is 3.04. The van der Waals surface area contributed by atoms with E-state index < -0.39 is 35.2 Å². The van der Waals surface area contributed by atoms with Crippen LogP contribution in [0.5, 0.6) is 5.75 Å². The van der Waals surface area contributed by atoms with Crippen molar-refractivity contribution in [2.75, 3.05) is 7.11 Å². The first-order valence-corrected chi connectivity index (χ1v) is 4.12. The fraction of sp³-hybridized carbons (Fsp3) is 0.333. The summed E-state index contributed by atoms with van der Waals surface area (Å²) in [6.45, 7) is 0. The number of hydrogen-bond donors (Lipinski definition) is 1. The summed E-state index contributed by atoms with van der Waals surface area (Å²) in [7, 11) is 1.00. The van der Waals surface area contributed by atoms with Crippen LogP contribution >= 0.6 is 0 Å². The summed E-state index contributed by atoms with van der Waals surface area (Å²) in [5, 5.41) is 0. The molecule has 0 amide bonds. The molecule has 0 aromatic heterocycles. The number of methoxy groups -OCH3 is 1. The zero-order valence-electron chi connectivity index (χ0n) is 8.11. The third-order valence-corrected chi connectivity index (χ3v) is 1.94. The molecule has 2 nitrogen and oxygen atoms in total. The van der Waals surface area contributed by atoms with Crippen molar-refractivity contribution in [1.29, 1.82) is 0 Å². The first-order valence-electron chi connectivity index (χ1n) is 4.12. The summed E-state index contributed by atoms with van der Waals surface area (Å²) < 4.78 is 67.0. The Bertz CT molecular complexity index is 367. The lowest BCUT2D eigenvalue weighted by Crippen LogP contribution is -2.28. The second-order valence-corrected chi connectivity index (χ2v) is 3.04.